The van der Waals surface area contributed by atoms with Gasteiger partial charge in [0.2, 0.25) is 11.7 Å². The van der Waals surface area contributed by atoms with Gasteiger partial charge in [-0.3, -0.25) is 9.69 Å². The van der Waals surface area contributed by atoms with Crippen molar-refractivity contribution in [2.45, 2.75) is 96.0 Å². The Morgan fingerprint density at radius 1 is 0.945 bits per heavy atom. The molecule has 3 saturated heterocycles. The van der Waals surface area contributed by atoms with Crippen molar-refractivity contribution < 1.29 is 72.6 Å². The summed E-state index contributed by atoms with van der Waals surface area (Å²) in [7, 11) is 0. The van der Waals surface area contributed by atoms with Crippen LogP contribution in [0.5, 0.6) is 5.75 Å². The lowest BCUT2D eigenvalue weighted by molar-refractivity contribution is -0.340. The zero-order valence-electron chi connectivity index (χ0n) is 30.3. The molecule has 3 fully saturated rings. The highest BCUT2D eigenvalue weighted by molar-refractivity contribution is 6.07. The van der Waals surface area contributed by atoms with Crippen LogP contribution in [0.15, 0.2) is 22.7 Å². The SMILES string of the molecule is CC(C)(C)OC(=O)N1CCC2(CC1)C(=O)N(Cc1nc(-c3ccc(OCC(C)(C(F)(F)F)C(F)(F)F)c(C(F)(F)F)c3)no1)C(=O)N2CCC1CCOCC1. The number of rotatable bonds is 9. The van der Waals surface area contributed by atoms with Crippen LogP contribution in [0.3, 0.4) is 0 Å². The molecule has 12 nitrogen and oxygen atoms in total. The van der Waals surface area contributed by atoms with Gasteiger partial charge in [-0.25, -0.2) is 9.59 Å². The number of hydrogen-bond donors (Lipinski definition) is 0. The Balaban J connectivity index is 1.36. The number of piperidine rings is 1. The molecule has 1 aromatic heterocycles. The maximum absolute atomic E-state index is 14.1. The van der Waals surface area contributed by atoms with Crippen LogP contribution in [0, 0.1) is 11.3 Å². The summed E-state index contributed by atoms with van der Waals surface area (Å²) in [5.74, 6) is -2.52. The summed E-state index contributed by atoms with van der Waals surface area (Å²) in [5.41, 5.74) is -8.70. The van der Waals surface area contributed by atoms with Gasteiger partial charge < -0.3 is 28.5 Å². The molecule has 0 N–H and O–H groups in total. The largest absolute Gasteiger partial charge is 0.492 e. The average Bonchev–Trinajstić information content (AvgIpc) is 3.62. The lowest BCUT2D eigenvalue weighted by atomic mass is 9.85. The molecular weight excluding hydrogens is 761 g/mol. The molecule has 306 valence electrons. The third-order valence-corrected chi connectivity index (χ3v) is 10.0. The second-order valence-corrected chi connectivity index (χ2v) is 15.0. The normalized spacial score (nSPS) is 19.1. The van der Waals surface area contributed by atoms with E-state index in [4.69, 9.17) is 14.0 Å². The number of ether oxygens (including phenoxy) is 3. The molecule has 3 aliphatic rings. The lowest BCUT2D eigenvalue weighted by Gasteiger charge is -2.42. The van der Waals surface area contributed by atoms with Crippen LogP contribution in [-0.2, 0) is 27.0 Å². The van der Waals surface area contributed by atoms with Gasteiger partial charge in [0.25, 0.3) is 5.91 Å². The van der Waals surface area contributed by atoms with Crippen LogP contribution in [0.2, 0.25) is 0 Å². The van der Waals surface area contributed by atoms with Crippen LogP contribution in [0.25, 0.3) is 11.4 Å². The van der Waals surface area contributed by atoms with Crippen molar-refractivity contribution >= 4 is 18.0 Å². The Morgan fingerprint density at radius 3 is 2.13 bits per heavy atom. The molecule has 0 atom stereocenters. The molecule has 5 rings (SSSR count). The number of halogens is 9. The summed E-state index contributed by atoms with van der Waals surface area (Å²) >= 11 is 0. The first-order valence-electron chi connectivity index (χ1n) is 17.4. The van der Waals surface area contributed by atoms with E-state index in [1.807, 2.05) is 0 Å². The fourth-order valence-electron chi connectivity index (χ4n) is 6.58. The van der Waals surface area contributed by atoms with Gasteiger partial charge in [0.1, 0.15) is 30.0 Å². The van der Waals surface area contributed by atoms with Crippen molar-refractivity contribution in [3.8, 4) is 17.1 Å². The van der Waals surface area contributed by atoms with Crippen molar-refractivity contribution in [3.63, 3.8) is 0 Å². The summed E-state index contributed by atoms with van der Waals surface area (Å²) in [6, 6.07) is 1.08. The molecule has 21 heteroatoms. The molecule has 0 unspecified atom stereocenters. The number of carbonyl (C=O) groups is 3. The molecule has 0 bridgehead atoms. The number of hydrogen-bond acceptors (Lipinski definition) is 9. The number of carbonyl (C=O) groups excluding carboxylic acids is 3. The van der Waals surface area contributed by atoms with E-state index in [1.54, 1.807) is 20.8 Å². The predicted octanol–water partition coefficient (Wildman–Crippen LogP) is 7.62. The average molecular weight is 802 g/mol. The van der Waals surface area contributed by atoms with E-state index in [0.717, 1.165) is 23.8 Å². The molecule has 0 saturated carbocycles. The highest BCUT2D eigenvalue weighted by Gasteiger charge is 2.68. The highest BCUT2D eigenvalue weighted by atomic mass is 19.4. The number of imide groups is 1. The van der Waals surface area contributed by atoms with Crippen LogP contribution >= 0.6 is 0 Å². The Kier molecular flexibility index (Phi) is 11.4. The number of urea groups is 1. The number of likely N-dealkylation sites (tertiary alicyclic amines) is 1. The maximum Gasteiger partial charge on any atom is 0.419 e. The van der Waals surface area contributed by atoms with Crippen molar-refractivity contribution in [2.24, 2.45) is 11.3 Å². The molecule has 1 aromatic carbocycles. The van der Waals surface area contributed by atoms with Gasteiger partial charge in [-0.15, -0.1) is 0 Å². The molecule has 0 radical (unpaired) electrons. The van der Waals surface area contributed by atoms with Crippen molar-refractivity contribution in [1.29, 1.82) is 0 Å². The minimum absolute atomic E-state index is 0.0932. The molecule has 3 aliphatic heterocycles. The number of benzene rings is 1. The topological polar surface area (TPSA) is 128 Å². The standard InChI is InChI=1S/C34H40F9N5O7/c1-29(2,3)54-28(51)46-13-10-31(11-14-46)26(49)47(27(50)48(31)12-7-20-8-15-52-16-9-20)18-24-44-25(45-55-24)21-5-6-23(22(17-21)32(35,36)37)53-19-30(4,33(38,39)40)34(41,42)43/h5-6,17,20H,7-16,18-19H2,1-4H3. The smallest absolute Gasteiger partial charge is 0.419 e. The fraction of sp³-hybridized carbons (Fsp3) is 0.676. The van der Waals surface area contributed by atoms with Gasteiger partial charge in [0, 0.05) is 38.4 Å². The first-order valence-corrected chi connectivity index (χ1v) is 17.4. The van der Waals surface area contributed by atoms with Crippen molar-refractivity contribution in [2.75, 3.05) is 39.5 Å². The van der Waals surface area contributed by atoms with E-state index in [-0.39, 0.29) is 51.2 Å². The minimum Gasteiger partial charge on any atom is -0.492 e. The van der Waals surface area contributed by atoms with Gasteiger partial charge in [0.15, 0.2) is 5.41 Å². The van der Waals surface area contributed by atoms with E-state index in [2.05, 4.69) is 14.9 Å². The first-order chi connectivity index (χ1) is 25.4. The van der Waals surface area contributed by atoms with Gasteiger partial charge in [-0.2, -0.15) is 44.5 Å². The number of amides is 4. The van der Waals surface area contributed by atoms with Crippen LogP contribution in [0.1, 0.15) is 71.3 Å². The third-order valence-electron chi connectivity index (χ3n) is 10.0. The zero-order valence-corrected chi connectivity index (χ0v) is 30.3. The van der Waals surface area contributed by atoms with Gasteiger partial charge in [-0.05, 0) is 83.9 Å². The second-order valence-electron chi connectivity index (χ2n) is 15.0. The molecule has 55 heavy (non-hydrogen) atoms. The molecular formula is C34H40F9N5O7. The van der Waals surface area contributed by atoms with E-state index < -0.39 is 89.0 Å². The number of nitrogens with zero attached hydrogens (tertiary/aromatic N) is 5. The van der Waals surface area contributed by atoms with E-state index in [9.17, 15) is 53.9 Å². The first kappa shape index (κ1) is 41.9. The van der Waals surface area contributed by atoms with Gasteiger partial charge >= 0.3 is 30.7 Å². The molecule has 0 aliphatic carbocycles. The fourth-order valence-corrected chi connectivity index (χ4v) is 6.58. The summed E-state index contributed by atoms with van der Waals surface area (Å²) < 4.78 is 143. The van der Waals surface area contributed by atoms with Gasteiger partial charge in [-0.1, -0.05) is 5.16 Å². The second kappa shape index (κ2) is 15.0. The minimum atomic E-state index is -5.90. The Bertz CT molecular complexity index is 1710. The molecule has 1 spiro atoms. The number of alkyl halides is 9. The van der Waals surface area contributed by atoms with Crippen molar-refractivity contribution in [1.82, 2.24) is 24.8 Å². The Labute approximate surface area is 309 Å². The summed E-state index contributed by atoms with van der Waals surface area (Å²) in [6.45, 7) is 3.70. The van der Waals surface area contributed by atoms with Crippen LogP contribution < -0.4 is 4.74 Å². The van der Waals surface area contributed by atoms with E-state index in [1.165, 1.54) is 9.80 Å². The lowest BCUT2D eigenvalue weighted by Crippen LogP contribution is -2.58. The van der Waals surface area contributed by atoms with Crippen LogP contribution in [0.4, 0.5) is 49.1 Å². The molecule has 4 amide bonds. The van der Waals surface area contributed by atoms with Gasteiger partial charge in [0.05, 0.1) is 5.56 Å². The van der Waals surface area contributed by atoms with E-state index in [0.29, 0.717) is 31.8 Å². The summed E-state index contributed by atoms with van der Waals surface area (Å²) in [4.78, 5) is 48.7. The predicted molar refractivity (Wildman–Crippen MR) is 171 cm³/mol. The zero-order chi connectivity index (χ0) is 40.8. The third kappa shape index (κ3) is 8.75. The number of aromatic nitrogens is 2. The Hall–Kier alpha value is -4.30. The summed E-state index contributed by atoms with van der Waals surface area (Å²) in [5, 5.41) is 3.64. The quantitative estimate of drug-likeness (QED) is 0.186. The Morgan fingerprint density at radius 2 is 1.56 bits per heavy atom. The molecule has 4 heterocycles. The molecule has 2 aromatic rings. The van der Waals surface area contributed by atoms with E-state index >= 15 is 0 Å². The maximum atomic E-state index is 14.1. The van der Waals surface area contributed by atoms with Crippen LogP contribution in [-0.4, -0.2) is 106 Å². The monoisotopic (exact) mass is 801 g/mol. The highest BCUT2D eigenvalue weighted by Crippen LogP contribution is 2.51. The van der Waals surface area contributed by atoms with Crippen molar-refractivity contribution in [3.05, 3.63) is 29.7 Å². The summed E-state index contributed by atoms with van der Waals surface area (Å²) in [6.07, 6.45) is -15.4.